The normalized spacial score (nSPS) is 25.5. The summed E-state index contributed by atoms with van der Waals surface area (Å²) in [6, 6.07) is 1.95. The third-order valence-corrected chi connectivity index (χ3v) is 4.60. The Morgan fingerprint density at radius 2 is 2.05 bits per heavy atom. The maximum absolute atomic E-state index is 5.20. The molecule has 0 saturated carbocycles. The summed E-state index contributed by atoms with van der Waals surface area (Å²) in [7, 11) is 0. The van der Waals surface area contributed by atoms with E-state index in [0.29, 0.717) is 0 Å². The van der Waals surface area contributed by atoms with Crippen LogP contribution in [0.1, 0.15) is 11.3 Å². The lowest BCUT2D eigenvalue weighted by molar-refractivity contribution is 0.261. The van der Waals surface area contributed by atoms with Crippen LogP contribution in [0.3, 0.4) is 0 Å². The van der Waals surface area contributed by atoms with Crippen molar-refractivity contribution in [3.63, 3.8) is 0 Å². The monoisotopic (exact) mass is 285 g/mol. The molecule has 0 bridgehead atoms. The third-order valence-electron chi connectivity index (χ3n) is 4.60. The zero-order valence-electron chi connectivity index (χ0n) is 12.1. The molecule has 2 aromatic heterocycles. The number of hydrogen-bond donors (Lipinski definition) is 0. The van der Waals surface area contributed by atoms with Crippen LogP contribution >= 0.6 is 0 Å². The number of anilines is 1. The molecular weight excluding hydrogens is 266 g/mol. The highest BCUT2D eigenvalue weighted by atomic mass is 16.5. The van der Waals surface area contributed by atoms with Crippen LogP contribution in [-0.2, 0) is 6.54 Å². The number of likely N-dealkylation sites (tertiary alicyclic amines) is 1. The van der Waals surface area contributed by atoms with E-state index >= 15 is 0 Å². The van der Waals surface area contributed by atoms with E-state index in [1.807, 2.05) is 12.3 Å². The summed E-state index contributed by atoms with van der Waals surface area (Å²) in [5.74, 6) is 3.50. The van der Waals surface area contributed by atoms with Gasteiger partial charge in [0.05, 0.1) is 12.7 Å². The van der Waals surface area contributed by atoms with Crippen LogP contribution in [-0.4, -0.2) is 46.2 Å². The Kier molecular flexibility index (Phi) is 3.11. The van der Waals surface area contributed by atoms with E-state index in [-0.39, 0.29) is 0 Å². The first-order valence-corrected chi connectivity index (χ1v) is 7.43. The van der Waals surface area contributed by atoms with Crippen molar-refractivity contribution >= 4 is 5.82 Å². The van der Waals surface area contributed by atoms with Crippen LogP contribution in [0.5, 0.6) is 0 Å². The van der Waals surface area contributed by atoms with Crippen molar-refractivity contribution in [3.05, 3.63) is 36.1 Å². The highest BCUT2D eigenvalue weighted by molar-refractivity contribution is 5.46. The van der Waals surface area contributed by atoms with Gasteiger partial charge in [0.15, 0.2) is 5.76 Å². The molecule has 2 aliphatic rings. The molecule has 0 radical (unpaired) electrons. The predicted octanol–water partition coefficient (Wildman–Crippen LogP) is 1.34. The predicted molar refractivity (Wildman–Crippen MR) is 77.7 cm³/mol. The first-order valence-electron chi connectivity index (χ1n) is 7.43. The lowest BCUT2D eigenvalue weighted by Crippen LogP contribution is -2.29. The average molecular weight is 285 g/mol. The minimum Gasteiger partial charge on any atom is -0.360 e. The standard InChI is InChI=1S/C15H19N5O/c1-11-4-16-10-17-15(11)20-7-12-5-19(6-13(12)8-20)9-14-2-3-18-21-14/h2-4,10,12-13H,5-9H2,1H3. The summed E-state index contributed by atoms with van der Waals surface area (Å²) < 4.78 is 5.20. The van der Waals surface area contributed by atoms with Gasteiger partial charge in [-0.1, -0.05) is 5.16 Å². The van der Waals surface area contributed by atoms with E-state index in [1.54, 1.807) is 12.5 Å². The summed E-state index contributed by atoms with van der Waals surface area (Å²) in [6.45, 7) is 7.40. The van der Waals surface area contributed by atoms with Crippen molar-refractivity contribution in [2.24, 2.45) is 11.8 Å². The topological polar surface area (TPSA) is 58.3 Å². The van der Waals surface area contributed by atoms with Gasteiger partial charge in [0.25, 0.3) is 0 Å². The zero-order valence-corrected chi connectivity index (χ0v) is 12.1. The summed E-state index contributed by atoms with van der Waals surface area (Å²) in [4.78, 5) is 13.4. The number of aromatic nitrogens is 3. The maximum atomic E-state index is 5.20. The molecular formula is C15H19N5O. The lowest BCUT2D eigenvalue weighted by atomic mass is 10.0. The van der Waals surface area contributed by atoms with Gasteiger partial charge in [0.2, 0.25) is 0 Å². The zero-order chi connectivity index (χ0) is 14.2. The second-order valence-corrected chi connectivity index (χ2v) is 6.13. The van der Waals surface area contributed by atoms with E-state index in [9.17, 15) is 0 Å². The Bertz CT molecular complexity index is 600. The van der Waals surface area contributed by atoms with Gasteiger partial charge >= 0.3 is 0 Å². The molecule has 2 fully saturated rings. The van der Waals surface area contributed by atoms with E-state index in [4.69, 9.17) is 4.52 Å². The summed E-state index contributed by atoms with van der Waals surface area (Å²) in [5, 5.41) is 3.77. The minimum atomic E-state index is 0.724. The van der Waals surface area contributed by atoms with Crippen molar-refractivity contribution in [1.82, 2.24) is 20.0 Å². The fourth-order valence-electron chi connectivity index (χ4n) is 3.66. The quantitative estimate of drug-likeness (QED) is 0.848. The molecule has 4 rings (SSSR count). The highest BCUT2D eigenvalue weighted by Crippen LogP contribution is 2.34. The Morgan fingerprint density at radius 1 is 1.24 bits per heavy atom. The Morgan fingerprint density at radius 3 is 2.71 bits per heavy atom. The van der Waals surface area contributed by atoms with Crippen LogP contribution in [0.15, 0.2) is 29.3 Å². The molecule has 6 nitrogen and oxygen atoms in total. The molecule has 0 N–H and O–H groups in total. The van der Waals surface area contributed by atoms with Gasteiger partial charge in [-0.3, -0.25) is 4.90 Å². The first-order chi connectivity index (χ1) is 10.3. The fourth-order valence-corrected chi connectivity index (χ4v) is 3.66. The summed E-state index contributed by atoms with van der Waals surface area (Å²) >= 11 is 0. The number of nitrogens with zero attached hydrogens (tertiary/aromatic N) is 5. The van der Waals surface area contributed by atoms with Gasteiger partial charge < -0.3 is 9.42 Å². The Hall–Kier alpha value is -1.95. The van der Waals surface area contributed by atoms with E-state index in [1.165, 1.54) is 0 Å². The molecule has 4 heterocycles. The van der Waals surface area contributed by atoms with Gasteiger partial charge in [-0.25, -0.2) is 9.97 Å². The molecule has 0 amide bonds. The van der Waals surface area contributed by atoms with Gasteiger partial charge in [-0.15, -0.1) is 0 Å². The molecule has 2 unspecified atom stereocenters. The van der Waals surface area contributed by atoms with Crippen molar-refractivity contribution in [2.75, 3.05) is 31.1 Å². The summed E-state index contributed by atoms with van der Waals surface area (Å²) in [5.41, 5.74) is 1.16. The van der Waals surface area contributed by atoms with Crippen molar-refractivity contribution < 1.29 is 4.52 Å². The second kappa shape index (κ2) is 5.11. The molecule has 2 saturated heterocycles. The average Bonchev–Trinajstić information content (AvgIpc) is 3.15. The van der Waals surface area contributed by atoms with Crippen LogP contribution in [0.25, 0.3) is 0 Å². The molecule has 2 aromatic rings. The number of rotatable bonds is 3. The Balaban J connectivity index is 1.40. The van der Waals surface area contributed by atoms with E-state index in [0.717, 1.165) is 61.7 Å². The molecule has 6 heteroatoms. The number of aryl methyl sites for hydroxylation is 1. The minimum absolute atomic E-state index is 0.724. The van der Waals surface area contributed by atoms with Crippen molar-refractivity contribution in [3.8, 4) is 0 Å². The smallest absolute Gasteiger partial charge is 0.150 e. The molecule has 21 heavy (non-hydrogen) atoms. The summed E-state index contributed by atoms with van der Waals surface area (Å²) in [6.07, 6.45) is 5.26. The van der Waals surface area contributed by atoms with Crippen LogP contribution in [0.4, 0.5) is 5.82 Å². The van der Waals surface area contributed by atoms with Gasteiger partial charge in [0, 0.05) is 44.0 Å². The van der Waals surface area contributed by atoms with Crippen LogP contribution in [0, 0.1) is 18.8 Å². The van der Waals surface area contributed by atoms with Gasteiger partial charge in [-0.2, -0.15) is 0 Å². The molecule has 2 aliphatic heterocycles. The third kappa shape index (κ3) is 2.40. The maximum Gasteiger partial charge on any atom is 0.150 e. The van der Waals surface area contributed by atoms with Crippen molar-refractivity contribution in [1.29, 1.82) is 0 Å². The second-order valence-electron chi connectivity index (χ2n) is 6.13. The first kappa shape index (κ1) is 12.8. The molecule has 110 valence electrons. The van der Waals surface area contributed by atoms with E-state index < -0.39 is 0 Å². The van der Waals surface area contributed by atoms with Crippen LogP contribution < -0.4 is 4.90 Å². The molecule has 0 aliphatic carbocycles. The van der Waals surface area contributed by atoms with Crippen LogP contribution in [0.2, 0.25) is 0 Å². The lowest BCUT2D eigenvalue weighted by Gasteiger charge is -2.22. The molecule has 0 spiro atoms. The fraction of sp³-hybridized carbons (Fsp3) is 0.533. The number of hydrogen-bond acceptors (Lipinski definition) is 6. The Labute approximate surface area is 123 Å². The van der Waals surface area contributed by atoms with E-state index in [2.05, 4.69) is 31.8 Å². The van der Waals surface area contributed by atoms with Gasteiger partial charge in [-0.05, 0) is 18.8 Å². The molecule has 0 aromatic carbocycles. The highest BCUT2D eigenvalue weighted by Gasteiger charge is 2.40. The van der Waals surface area contributed by atoms with Gasteiger partial charge in [0.1, 0.15) is 12.1 Å². The SMILES string of the molecule is Cc1cncnc1N1CC2CN(Cc3ccno3)CC2C1. The number of fused-ring (bicyclic) bond motifs is 1. The van der Waals surface area contributed by atoms with Crippen molar-refractivity contribution in [2.45, 2.75) is 13.5 Å². The largest absolute Gasteiger partial charge is 0.360 e. The molecule has 2 atom stereocenters.